The van der Waals surface area contributed by atoms with Crippen LogP contribution < -0.4 is 10.9 Å². The first-order valence-corrected chi connectivity index (χ1v) is 9.21. The molecule has 0 amide bonds. The molecule has 0 atom stereocenters. The molecule has 0 aliphatic carbocycles. The predicted octanol–water partition coefficient (Wildman–Crippen LogP) is 3.10. The van der Waals surface area contributed by atoms with E-state index in [4.69, 9.17) is 18.1 Å². The molecule has 0 unspecified atom stereocenters. The highest BCUT2D eigenvalue weighted by Crippen LogP contribution is 2.38. The lowest BCUT2D eigenvalue weighted by Crippen LogP contribution is -2.20. The van der Waals surface area contributed by atoms with Crippen molar-refractivity contribution in [2.24, 2.45) is 0 Å². The SMILES string of the molecule is CCOP(OCC)c1cccc(P(OCC)OCC)n1. The molecule has 0 aliphatic rings. The summed E-state index contributed by atoms with van der Waals surface area (Å²) in [6.45, 7) is 10.2. The first-order valence-electron chi connectivity index (χ1n) is 6.85. The van der Waals surface area contributed by atoms with Gasteiger partial charge in [0.25, 0.3) is 0 Å². The molecule has 0 fully saturated rings. The van der Waals surface area contributed by atoms with Gasteiger partial charge in [0.05, 0.1) is 26.4 Å². The standard InChI is InChI=1S/C13H23NO4P2/c1-5-15-19(16-6-2)12-10-9-11-13(14-12)20(17-7-3)18-8-4/h9-11H,5-8H2,1-4H3. The Morgan fingerprint density at radius 2 is 1.10 bits per heavy atom. The lowest BCUT2D eigenvalue weighted by atomic mass is 10.5. The van der Waals surface area contributed by atoms with E-state index in [1.807, 2.05) is 45.9 Å². The van der Waals surface area contributed by atoms with E-state index in [9.17, 15) is 0 Å². The molecular formula is C13H23NO4P2. The van der Waals surface area contributed by atoms with Gasteiger partial charge in [-0.3, -0.25) is 0 Å². The topological polar surface area (TPSA) is 49.8 Å². The van der Waals surface area contributed by atoms with Gasteiger partial charge in [0, 0.05) is 0 Å². The van der Waals surface area contributed by atoms with E-state index in [0.29, 0.717) is 26.4 Å². The predicted molar refractivity (Wildman–Crippen MR) is 83.8 cm³/mol. The minimum atomic E-state index is -1.13. The number of pyridine rings is 1. The molecule has 0 aliphatic heterocycles. The van der Waals surface area contributed by atoms with Crippen molar-refractivity contribution in [3.05, 3.63) is 18.2 Å². The molecule has 0 spiro atoms. The third-order valence-electron chi connectivity index (χ3n) is 2.08. The Labute approximate surface area is 123 Å². The molecule has 0 saturated carbocycles. The Balaban J connectivity index is 2.90. The Kier molecular flexibility index (Phi) is 9.45. The van der Waals surface area contributed by atoms with Crippen molar-refractivity contribution >= 4 is 27.6 Å². The molecule has 0 aromatic carbocycles. The molecule has 1 aromatic heterocycles. The third kappa shape index (κ3) is 5.69. The molecule has 5 nitrogen and oxygen atoms in total. The summed E-state index contributed by atoms with van der Waals surface area (Å²) in [5.41, 5.74) is 1.63. The van der Waals surface area contributed by atoms with Gasteiger partial charge in [-0.1, -0.05) is 6.07 Å². The second-order valence-electron chi connectivity index (χ2n) is 3.54. The van der Waals surface area contributed by atoms with Gasteiger partial charge in [-0.15, -0.1) is 0 Å². The quantitative estimate of drug-likeness (QED) is 0.620. The van der Waals surface area contributed by atoms with Crippen molar-refractivity contribution in [2.45, 2.75) is 27.7 Å². The molecular weight excluding hydrogens is 296 g/mol. The second-order valence-corrected chi connectivity index (χ2v) is 6.52. The van der Waals surface area contributed by atoms with E-state index in [-0.39, 0.29) is 0 Å². The maximum atomic E-state index is 5.63. The first-order chi connectivity index (χ1) is 9.76. The molecule has 20 heavy (non-hydrogen) atoms. The van der Waals surface area contributed by atoms with E-state index in [0.717, 1.165) is 10.9 Å². The highest BCUT2D eigenvalue weighted by molar-refractivity contribution is 7.57. The van der Waals surface area contributed by atoms with E-state index < -0.39 is 16.8 Å². The van der Waals surface area contributed by atoms with Gasteiger partial charge in [0.15, 0.2) is 0 Å². The summed E-state index contributed by atoms with van der Waals surface area (Å²) in [7, 11) is -2.25. The molecule has 0 radical (unpaired) electrons. The Bertz CT molecular complexity index is 338. The average Bonchev–Trinajstić information content (AvgIpc) is 2.47. The molecule has 1 aromatic rings. The molecule has 0 N–H and O–H groups in total. The largest absolute Gasteiger partial charge is 0.330 e. The Morgan fingerprint density at radius 3 is 1.40 bits per heavy atom. The molecule has 0 saturated heterocycles. The monoisotopic (exact) mass is 319 g/mol. The van der Waals surface area contributed by atoms with Crippen LogP contribution in [-0.4, -0.2) is 31.4 Å². The van der Waals surface area contributed by atoms with E-state index in [2.05, 4.69) is 4.98 Å². The third-order valence-corrected chi connectivity index (χ3v) is 5.30. The smallest absolute Gasteiger partial charge is 0.224 e. The molecule has 1 rings (SSSR count). The van der Waals surface area contributed by atoms with Crippen LogP contribution in [0.2, 0.25) is 0 Å². The lowest BCUT2D eigenvalue weighted by Gasteiger charge is -2.18. The minimum Gasteiger partial charge on any atom is -0.330 e. The summed E-state index contributed by atoms with van der Waals surface area (Å²) in [4.78, 5) is 4.61. The molecule has 1 heterocycles. The van der Waals surface area contributed by atoms with E-state index in [1.54, 1.807) is 0 Å². The lowest BCUT2D eigenvalue weighted by molar-refractivity contribution is 0.276. The number of hydrogen-bond acceptors (Lipinski definition) is 5. The van der Waals surface area contributed by atoms with Crippen molar-refractivity contribution in [3.63, 3.8) is 0 Å². The number of nitrogens with zero attached hydrogens (tertiary/aromatic N) is 1. The van der Waals surface area contributed by atoms with Crippen molar-refractivity contribution < 1.29 is 18.1 Å². The van der Waals surface area contributed by atoms with Gasteiger partial charge in [0.1, 0.15) is 10.9 Å². The zero-order valence-electron chi connectivity index (χ0n) is 12.5. The normalized spacial score (nSPS) is 11.5. The molecule has 0 bridgehead atoms. The van der Waals surface area contributed by atoms with Gasteiger partial charge < -0.3 is 18.1 Å². The highest BCUT2D eigenvalue weighted by atomic mass is 31.2. The number of rotatable bonds is 10. The number of aromatic nitrogens is 1. The van der Waals surface area contributed by atoms with E-state index >= 15 is 0 Å². The fraction of sp³-hybridized carbons (Fsp3) is 0.615. The van der Waals surface area contributed by atoms with Crippen LogP contribution >= 0.6 is 16.8 Å². The summed E-state index contributed by atoms with van der Waals surface area (Å²) >= 11 is 0. The summed E-state index contributed by atoms with van der Waals surface area (Å²) in [5, 5.41) is 0. The van der Waals surface area contributed by atoms with Gasteiger partial charge >= 0.3 is 0 Å². The summed E-state index contributed by atoms with van der Waals surface area (Å²) < 4.78 is 22.5. The van der Waals surface area contributed by atoms with Crippen LogP contribution in [0.1, 0.15) is 27.7 Å². The van der Waals surface area contributed by atoms with Crippen LogP contribution in [0.5, 0.6) is 0 Å². The maximum Gasteiger partial charge on any atom is 0.224 e. The van der Waals surface area contributed by atoms with Crippen LogP contribution in [-0.2, 0) is 18.1 Å². The minimum absolute atomic E-state index is 0.600. The van der Waals surface area contributed by atoms with Crippen LogP contribution in [0.25, 0.3) is 0 Å². The highest BCUT2D eigenvalue weighted by Gasteiger charge is 2.19. The van der Waals surface area contributed by atoms with Gasteiger partial charge in [-0.25, -0.2) is 4.98 Å². The Morgan fingerprint density at radius 1 is 0.750 bits per heavy atom. The number of hydrogen-bond donors (Lipinski definition) is 0. The fourth-order valence-corrected chi connectivity index (χ4v) is 3.91. The molecule has 7 heteroatoms. The van der Waals surface area contributed by atoms with Crippen LogP contribution in [0.15, 0.2) is 18.2 Å². The second kappa shape index (κ2) is 10.6. The summed E-state index contributed by atoms with van der Waals surface area (Å²) in [6, 6.07) is 5.79. The fourth-order valence-electron chi connectivity index (χ4n) is 1.42. The summed E-state index contributed by atoms with van der Waals surface area (Å²) in [5.74, 6) is 0. The zero-order chi connectivity index (χ0) is 14.8. The van der Waals surface area contributed by atoms with Crippen LogP contribution in [0.3, 0.4) is 0 Å². The van der Waals surface area contributed by atoms with Crippen molar-refractivity contribution in [2.75, 3.05) is 26.4 Å². The average molecular weight is 319 g/mol. The Hall–Kier alpha value is -0.150. The van der Waals surface area contributed by atoms with Gasteiger partial charge in [0.2, 0.25) is 16.8 Å². The van der Waals surface area contributed by atoms with Crippen LogP contribution in [0.4, 0.5) is 0 Å². The first kappa shape index (κ1) is 17.9. The maximum absolute atomic E-state index is 5.63. The van der Waals surface area contributed by atoms with Gasteiger partial charge in [-0.05, 0) is 39.8 Å². The summed E-state index contributed by atoms with van der Waals surface area (Å²) in [6.07, 6.45) is 0. The van der Waals surface area contributed by atoms with Gasteiger partial charge in [-0.2, -0.15) is 0 Å². The van der Waals surface area contributed by atoms with Crippen molar-refractivity contribution in [1.82, 2.24) is 4.98 Å². The van der Waals surface area contributed by atoms with Crippen molar-refractivity contribution in [3.8, 4) is 0 Å². The van der Waals surface area contributed by atoms with Crippen LogP contribution in [0, 0.1) is 0 Å². The van der Waals surface area contributed by atoms with Crippen molar-refractivity contribution in [1.29, 1.82) is 0 Å². The zero-order valence-corrected chi connectivity index (χ0v) is 14.3. The van der Waals surface area contributed by atoms with E-state index in [1.165, 1.54) is 0 Å². The molecule has 114 valence electrons.